The third-order valence-corrected chi connectivity index (χ3v) is 6.60. The molecule has 0 aliphatic heterocycles. The van der Waals surface area contributed by atoms with Gasteiger partial charge in [0, 0.05) is 4.88 Å². The monoisotopic (exact) mass is 372 g/mol. The van der Waals surface area contributed by atoms with Crippen LogP contribution in [0.5, 0.6) is 5.75 Å². The summed E-state index contributed by atoms with van der Waals surface area (Å²) in [7, 11) is 1.64. The Hall–Kier alpha value is -1.79. The minimum Gasteiger partial charge on any atom is -0.497 e. The van der Waals surface area contributed by atoms with E-state index in [9.17, 15) is 4.79 Å². The van der Waals surface area contributed by atoms with Crippen molar-refractivity contribution in [2.45, 2.75) is 31.3 Å². The molecule has 0 bridgehead atoms. The molecule has 1 aromatic carbocycles. The number of fused-ring (bicyclic) bond motifs is 3. The molecule has 6 heteroatoms. The fourth-order valence-electron chi connectivity index (χ4n) is 3.47. The van der Waals surface area contributed by atoms with Crippen LogP contribution in [0.4, 0.5) is 0 Å². The first kappa shape index (κ1) is 16.7. The van der Waals surface area contributed by atoms with Gasteiger partial charge >= 0.3 is 0 Å². The maximum atomic E-state index is 13.4. The van der Waals surface area contributed by atoms with Gasteiger partial charge in [0.05, 0.1) is 18.2 Å². The first-order valence-corrected chi connectivity index (χ1v) is 10.4. The highest BCUT2D eigenvalue weighted by Crippen LogP contribution is 2.36. The summed E-state index contributed by atoms with van der Waals surface area (Å²) in [6.45, 7) is 2.28. The highest BCUT2D eigenvalue weighted by molar-refractivity contribution is 7.98. The molecule has 2 aromatic heterocycles. The molecule has 2 heterocycles. The molecule has 0 saturated heterocycles. The minimum atomic E-state index is 0.0477. The van der Waals surface area contributed by atoms with E-state index in [4.69, 9.17) is 9.72 Å². The van der Waals surface area contributed by atoms with Crippen molar-refractivity contribution in [3.63, 3.8) is 0 Å². The van der Waals surface area contributed by atoms with Crippen LogP contribution in [0.25, 0.3) is 15.9 Å². The zero-order chi connectivity index (χ0) is 17.6. The molecule has 0 spiro atoms. The number of ether oxygens (including phenoxy) is 1. The van der Waals surface area contributed by atoms with Gasteiger partial charge in [0.2, 0.25) is 0 Å². The average Bonchev–Trinajstić information content (AvgIpc) is 2.99. The Labute approximate surface area is 154 Å². The third kappa shape index (κ3) is 2.77. The van der Waals surface area contributed by atoms with E-state index >= 15 is 0 Å². The molecule has 0 saturated carbocycles. The fourth-order valence-corrected chi connectivity index (χ4v) is 5.45. The quantitative estimate of drug-likeness (QED) is 0.508. The lowest BCUT2D eigenvalue weighted by molar-refractivity contribution is 0.414. The average molecular weight is 373 g/mol. The summed E-state index contributed by atoms with van der Waals surface area (Å²) in [6, 6.07) is 7.57. The van der Waals surface area contributed by atoms with Gasteiger partial charge in [-0.2, -0.15) is 0 Å². The lowest BCUT2D eigenvalue weighted by atomic mass is 9.89. The Morgan fingerprint density at radius 2 is 2.08 bits per heavy atom. The van der Waals surface area contributed by atoms with Gasteiger partial charge < -0.3 is 4.74 Å². The van der Waals surface area contributed by atoms with Crippen molar-refractivity contribution in [3.05, 3.63) is 45.1 Å². The summed E-state index contributed by atoms with van der Waals surface area (Å²) < 4.78 is 6.96. The van der Waals surface area contributed by atoms with E-state index in [0.717, 1.165) is 46.1 Å². The van der Waals surface area contributed by atoms with E-state index in [1.54, 1.807) is 23.0 Å². The standard InChI is InChI=1S/C19H20N2O2S2/c1-11-4-9-14-15(10-11)25-17-16(14)18(22)21(19(20-17)24-3)12-5-7-13(23-2)8-6-12/h5-8,11H,4,9-10H2,1-3H3/t11-/m1/s1. The Balaban J connectivity index is 1.97. The summed E-state index contributed by atoms with van der Waals surface area (Å²) in [6.07, 6.45) is 5.15. The molecular weight excluding hydrogens is 352 g/mol. The van der Waals surface area contributed by atoms with Crippen LogP contribution >= 0.6 is 23.1 Å². The lowest BCUT2D eigenvalue weighted by Crippen LogP contribution is -2.22. The van der Waals surface area contributed by atoms with Gasteiger partial charge in [-0.15, -0.1) is 11.3 Å². The molecule has 1 aliphatic carbocycles. The number of aryl methyl sites for hydroxylation is 1. The molecule has 4 rings (SSSR count). The van der Waals surface area contributed by atoms with Crippen molar-refractivity contribution in [1.29, 1.82) is 0 Å². The number of aromatic nitrogens is 2. The van der Waals surface area contributed by atoms with Crippen LogP contribution in [0.2, 0.25) is 0 Å². The van der Waals surface area contributed by atoms with E-state index in [0.29, 0.717) is 5.92 Å². The number of thioether (sulfide) groups is 1. The van der Waals surface area contributed by atoms with Gasteiger partial charge in [-0.3, -0.25) is 9.36 Å². The summed E-state index contributed by atoms with van der Waals surface area (Å²) in [5.41, 5.74) is 2.10. The number of hydrogen-bond acceptors (Lipinski definition) is 5. The van der Waals surface area contributed by atoms with Crippen molar-refractivity contribution < 1.29 is 4.74 Å². The molecule has 1 atom stereocenters. The van der Waals surface area contributed by atoms with Crippen LogP contribution in [0.3, 0.4) is 0 Å². The van der Waals surface area contributed by atoms with Crippen LogP contribution < -0.4 is 10.3 Å². The van der Waals surface area contributed by atoms with Gasteiger partial charge in [0.1, 0.15) is 10.6 Å². The van der Waals surface area contributed by atoms with E-state index in [1.165, 1.54) is 22.2 Å². The Bertz CT molecular complexity index is 989. The molecule has 1 aliphatic rings. The van der Waals surface area contributed by atoms with Gasteiger partial charge in [-0.25, -0.2) is 4.98 Å². The lowest BCUT2D eigenvalue weighted by Gasteiger charge is -2.17. The Morgan fingerprint density at radius 3 is 2.76 bits per heavy atom. The second kappa shape index (κ2) is 6.50. The normalized spacial score (nSPS) is 16.8. The van der Waals surface area contributed by atoms with Gasteiger partial charge in [0.15, 0.2) is 5.16 Å². The Kier molecular flexibility index (Phi) is 4.33. The van der Waals surface area contributed by atoms with E-state index in [1.807, 2.05) is 30.5 Å². The molecular formula is C19H20N2O2S2. The number of nitrogens with zero attached hydrogens (tertiary/aromatic N) is 2. The minimum absolute atomic E-state index is 0.0477. The highest BCUT2D eigenvalue weighted by Gasteiger charge is 2.24. The number of thiophene rings is 1. The molecule has 4 nitrogen and oxygen atoms in total. The fraction of sp³-hybridized carbons (Fsp3) is 0.368. The summed E-state index contributed by atoms with van der Waals surface area (Å²) in [4.78, 5) is 20.4. The SMILES string of the molecule is COc1ccc(-n2c(SC)nc3sc4c(c3c2=O)CC[C@@H](C)C4)cc1. The van der Waals surface area contributed by atoms with Crippen molar-refractivity contribution >= 4 is 33.3 Å². The van der Waals surface area contributed by atoms with Crippen LogP contribution in [0, 0.1) is 5.92 Å². The second-order valence-corrected chi connectivity index (χ2v) is 8.33. The number of methoxy groups -OCH3 is 1. The predicted molar refractivity (Wildman–Crippen MR) is 105 cm³/mol. The Morgan fingerprint density at radius 1 is 1.32 bits per heavy atom. The zero-order valence-electron chi connectivity index (χ0n) is 14.5. The van der Waals surface area contributed by atoms with Gasteiger partial charge in [-0.1, -0.05) is 18.7 Å². The highest BCUT2D eigenvalue weighted by atomic mass is 32.2. The largest absolute Gasteiger partial charge is 0.497 e. The molecule has 0 fully saturated rings. The second-order valence-electron chi connectivity index (χ2n) is 6.47. The smallest absolute Gasteiger partial charge is 0.267 e. The first-order chi connectivity index (χ1) is 12.1. The van der Waals surface area contributed by atoms with Crippen molar-refractivity contribution in [3.8, 4) is 11.4 Å². The number of rotatable bonds is 3. The van der Waals surface area contributed by atoms with Crippen molar-refractivity contribution in [2.24, 2.45) is 5.92 Å². The molecule has 0 radical (unpaired) electrons. The van der Waals surface area contributed by atoms with Gasteiger partial charge in [0.25, 0.3) is 5.56 Å². The van der Waals surface area contributed by atoms with Crippen LogP contribution in [0.15, 0.2) is 34.2 Å². The number of benzene rings is 1. The molecule has 3 aromatic rings. The maximum Gasteiger partial charge on any atom is 0.267 e. The zero-order valence-corrected chi connectivity index (χ0v) is 16.2. The molecule has 0 N–H and O–H groups in total. The van der Waals surface area contributed by atoms with Crippen molar-refractivity contribution in [1.82, 2.24) is 9.55 Å². The van der Waals surface area contributed by atoms with Crippen molar-refractivity contribution in [2.75, 3.05) is 13.4 Å². The predicted octanol–water partition coefficient (Wildman–Crippen LogP) is 4.30. The molecule has 0 amide bonds. The summed E-state index contributed by atoms with van der Waals surface area (Å²) >= 11 is 3.20. The van der Waals surface area contributed by atoms with Crippen LogP contribution in [-0.4, -0.2) is 22.9 Å². The van der Waals surface area contributed by atoms with E-state index in [-0.39, 0.29) is 5.56 Å². The molecule has 130 valence electrons. The number of hydrogen-bond donors (Lipinski definition) is 0. The van der Waals surface area contributed by atoms with E-state index < -0.39 is 0 Å². The maximum absolute atomic E-state index is 13.4. The summed E-state index contributed by atoms with van der Waals surface area (Å²) in [5, 5.41) is 1.55. The topological polar surface area (TPSA) is 44.1 Å². The summed E-state index contributed by atoms with van der Waals surface area (Å²) in [5.74, 6) is 1.46. The van der Waals surface area contributed by atoms with Gasteiger partial charge in [-0.05, 0) is 61.3 Å². The third-order valence-electron chi connectivity index (χ3n) is 4.81. The first-order valence-electron chi connectivity index (χ1n) is 8.38. The van der Waals surface area contributed by atoms with E-state index in [2.05, 4.69) is 6.92 Å². The van der Waals surface area contributed by atoms with Crippen LogP contribution in [0.1, 0.15) is 23.8 Å². The molecule has 25 heavy (non-hydrogen) atoms. The van der Waals surface area contributed by atoms with Crippen LogP contribution in [-0.2, 0) is 12.8 Å². The molecule has 0 unspecified atom stereocenters.